The van der Waals surface area contributed by atoms with E-state index in [9.17, 15) is 14.2 Å². The number of ether oxygens (including phenoxy) is 2. The van der Waals surface area contributed by atoms with Gasteiger partial charge in [0, 0.05) is 12.8 Å². The van der Waals surface area contributed by atoms with Gasteiger partial charge in [-0.2, -0.15) is 0 Å². The molecular formula is C45H73O8P. The third-order valence-corrected chi connectivity index (χ3v) is 8.67. The van der Waals surface area contributed by atoms with E-state index in [1.807, 2.05) is 42.5 Å². The minimum atomic E-state index is -4.78. The Kier molecular flexibility index (Phi) is 37.4. The zero-order valence-electron chi connectivity index (χ0n) is 33.6. The second kappa shape index (κ2) is 39.7. The van der Waals surface area contributed by atoms with Gasteiger partial charge in [-0.1, -0.05) is 169 Å². The SMILES string of the molecule is CC/C=C/C=C/C=C/C=C/CCCCCCCC(=O)O[C@H](COC(=O)CCC/C=C/C/C=C/C/C=C/C/C=C/CCCCCCCCC)COP(=O)(O)O. The van der Waals surface area contributed by atoms with Gasteiger partial charge >= 0.3 is 19.8 Å². The molecular weight excluding hydrogens is 699 g/mol. The highest BCUT2D eigenvalue weighted by Crippen LogP contribution is 2.36. The normalized spacial score (nSPS) is 13.5. The monoisotopic (exact) mass is 773 g/mol. The van der Waals surface area contributed by atoms with Gasteiger partial charge < -0.3 is 19.3 Å². The van der Waals surface area contributed by atoms with Gasteiger partial charge in [-0.3, -0.25) is 14.1 Å². The van der Waals surface area contributed by atoms with Crippen LogP contribution >= 0.6 is 7.82 Å². The molecule has 8 nitrogen and oxygen atoms in total. The Labute approximate surface area is 328 Å². The molecule has 0 spiro atoms. The van der Waals surface area contributed by atoms with Crippen molar-refractivity contribution in [1.82, 2.24) is 0 Å². The van der Waals surface area contributed by atoms with Crippen molar-refractivity contribution in [2.24, 2.45) is 0 Å². The molecule has 0 radical (unpaired) electrons. The fourth-order valence-electron chi connectivity index (χ4n) is 5.14. The first kappa shape index (κ1) is 51.0. The maximum Gasteiger partial charge on any atom is 0.469 e. The third-order valence-electron chi connectivity index (χ3n) is 8.18. The number of esters is 2. The summed E-state index contributed by atoms with van der Waals surface area (Å²) >= 11 is 0. The van der Waals surface area contributed by atoms with Gasteiger partial charge in [-0.05, 0) is 70.6 Å². The molecule has 0 saturated heterocycles. The third kappa shape index (κ3) is 41.7. The van der Waals surface area contributed by atoms with E-state index in [-0.39, 0.29) is 19.4 Å². The zero-order valence-corrected chi connectivity index (χ0v) is 34.5. The Balaban J connectivity index is 4.09. The van der Waals surface area contributed by atoms with Crippen molar-refractivity contribution < 1.29 is 37.9 Å². The first-order valence-corrected chi connectivity index (χ1v) is 22.1. The quantitative estimate of drug-likeness (QED) is 0.0212. The maximum atomic E-state index is 12.4. The molecule has 306 valence electrons. The van der Waals surface area contributed by atoms with Gasteiger partial charge in [0.05, 0.1) is 6.61 Å². The molecule has 0 aliphatic rings. The van der Waals surface area contributed by atoms with Crippen LogP contribution in [0.3, 0.4) is 0 Å². The van der Waals surface area contributed by atoms with E-state index < -0.39 is 32.5 Å². The number of rotatable bonds is 36. The Morgan fingerprint density at radius 3 is 1.56 bits per heavy atom. The summed E-state index contributed by atoms with van der Waals surface area (Å²) in [6.07, 6.45) is 54.2. The number of phosphoric ester groups is 1. The van der Waals surface area contributed by atoms with Gasteiger partial charge in [-0.25, -0.2) is 4.57 Å². The second-order valence-electron chi connectivity index (χ2n) is 13.3. The number of carbonyl (C=O) groups excluding carboxylic acids is 2. The molecule has 0 unspecified atom stereocenters. The first-order chi connectivity index (χ1) is 26.3. The van der Waals surface area contributed by atoms with E-state index in [1.54, 1.807) is 0 Å². The van der Waals surface area contributed by atoms with Crippen LogP contribution in [0.2, 0.25) is 0 Å². The summed E-state index contributed by atoms with van der Waals surface area (Å²) < 4.78 is 26.3. The maximum absolute atomic E-state index is 12.4. The van der Waals surface area contributed by atoms with Gasteiger partial charge in [0.1, 0.15) is 6.61 Å². The van der Waals surface area contributed by atoms with E-state index in [0.717, 1.165) is 64.2 Å². The molecule has 0 aromatic carbocycles. The predicted molar refractivity (Wildman–Crippen MR) is 225 cm³/mol. The lowest BCUT2D eigenvalue weighted by Gasteiger charge is -2.18. The fraction of sp³-hybridized carbons (Fsp3) is 0.600. The summed E-state index contributed by atoms with van der Waals surface area (Å²) in [6, 6.07) is 0. The minimum Gasteiger partial charge on any atom is -0.462 e. The Hall–Kier alpha value is -3.03. The molecule has 0 saturated carbocycles. The summed E-state index contributed by atoms with van der Waals surface area (Å²) in [4.78, 5) is 42.8. The summed E-state index contributed by atoms with van der Waals surface area (Å²) in [6.45, 7) is 3.46. The van der Waals surface area contributed by atoms with E-state index in [4.69, 9.17) is 19.3 Å². The number of hydrogen-bond acceptors (Lipinski definition) is 6. The topological polar surface area (TPSA) is 119 Å². The smallest absolute Gasteiger partial charge is 0.462 e. The van der Waals surface area contributed by atoms with Crippen molar-refractivity contribution in [3.05, 3.63) is 97.2 Å². The molecule has 0 fully saturated rings. The van der Waals surface area contributed by atoms with Crippen LogP contribution in [-0.4, -0.2) is 41.0 Å². The zero-order chi connectivity index (χ0) is 39.6. The van der Waals surface area contributed by atoms with Crippen LogP contribution in [0.25, 0.3) is 0 Å². The number of carbonyl (C=O) groups is 2. The van der Waals surface area contributed by atoms with E-state index >= 15 is 0 Å². The van der Waals surface area contributed by atoms with E-state index in [1.165, 1.54) is 51.4 Å². The van der Waals surface area contributed by atoms with Crippen LogP contribution in [-0.2, 0) is 28.2 Å². The molecule has 0 aromatic heterocycles. The van der Waals surface area contributed by atoms with Gasteiger partial charge in [0.15, 0.2) is 6.10 Å². The van der Waals surface area contributed by atoms with Crippen LogP contribution in [0, 0.1) is 0 Å². The summed E-state index contributed by atoms with van der Waals surface area (Å²) in [5.74, 6) is -0.987. The highest BCUT2D eigenvalue weighted by molar-refractivity contribution is 7.46. The summed E-state index contributed by atoms with van der Waals surface area (Å²) in [5, 5.41) is 0. The molecule has 0 aromatic rings. The Bertz CT molecular complexity index is 1190. The average molecular weight is 773 g/mol. The molecule has 0 aliphatic heterocycles. The van der Waals surface area contributed by atoms with Crippen molar-refractivity contribution in [3.8, 4) is 0 Å². The van der Waals surface area contributed by atoms with Crippen molar-refractivity contribution in [2.75, 3.05) is 13.2 Å². The lowest BCUT2D eigenvalue weighted by Crippen LogP contribution is -2.29. The number of hydrogen-bond donors (Lipinski definition) is 2. The Morgan fingerprint density at radius 2 is 0.981 bits per heavy atom. The van der Waals surface area contributed by atoms with Crippen molar-refractivity contribution in [1.29, 1.82) is 0 Å². The molecule has 2 N–H and O–H groups in total. The van der Waals surface area contributed by atoms with Crippen LogP contribution < -0.4 is 0 Å². The second-order valence-corrected chi connectivity index (χ2v) is 14.6. The summed E-state index contributed by atoms with van der Waals surface area (Å²) in [7, 11) is -4.78. The molecule has 54 heavy (non-hydrogen) atoms. The largest absolute Gasteiger partial charge is 0.469 e. The number of phosphoric acid groups is 1. The van der Waals surface area contributed by atoms with Crippen LogP contribution in [0.5, 0.6) is 0 Å². The average Bonchev–Trinajstić information content (AvgIpc) is 3.14. The first-order valence-electron chi connectivity index (χ1n) is 20.6. The van der Waals surface area contributed by atoms with E-state index in [2.05, 4.69) is 73.1 Å². The molecule has 9 heteroatoms. The highest BCUT2D eigenvalue weighted by Gasteiger charge is 2.22. The highest BCUT2D eigenvalue weighted by atomic mass is 31.2. The molecule has 0 amide bonds. The standard InChI is InChI=1S/C45H73O8P/c1-3-5-7-9-11-13-15-17-19-20-21-22-23-24-26-27-29-31-33-35-37-39-44(46)51-41-43(42-52-54(48,49)50)53-45(47)40-38-36-34-32-30-28-25-18-16-14-12-10-8-6-4-2/h6,8,10,12,14,16,18-20,22-23,25-27,31,33,43H,3-5,7,9,11,13,15,17,21,24,28-30,32,34-42H2,1-2H3,(H2,48,49,50)/b8-6+,12-10+,16-14+,20-19+,23-22+,25-18+,27-26+,33-31+/t43-/m1/s1. The lowest BCUT2D eigenvalue weighted by molar-refractivity contribution is -0.161. The van der Waals surface area contributed by atoms with Crippen molar-refractivity contribution >= 4 is 19.8 Å². The molecule has 0 aliphatic carbocycles. The number of allylic oxidation sites excluding steroid dienone is 16. The fourth-order valence-corrected chi connectivity index (χ4v) is 5.50. The van der Waals surface area contributed by atoms with Crippen molar-refractivity contribution in [3.63, 3.8) is 0 Å². The van der Waals surface area contributed by atoms with Crippen LogP contribution in [0.15, 0.2) is 97.2 Å². The molecule has 0 rings (SSSR count). The van der Waals surface area contributed by atoms with Crippen LogP contribution in [0.1, 0.15) is 155 Å². The number of unbranched alkanes of at least 4 members (excludes halogenated alkanes) is 13. The van der Waals surface area contributed by atoms with Gasteiger partial charge in [-0.15, -0.1) is 0 Å². The summed E-state index contributed by atoms with van der Waals surface area (Å²) in [5.41, 5.74) is 0. The van der Waals surface area contributed by atoms with Gasteiger partial charge in [0.25, 0.3) is 0 Å². The molecule has 0 bridgehead atoms. The Morgan fingerprint density at radius 1 is 0.519 bits per heavy atom. The molecule has 1 atom stereocenters. The molecule has 0 heterocycles. The lowest BCUT2D eigenvalue weighted by atomic mass is 10.1. The van der Waals surface area contributed by atoms with Crippen LogP contribution in [0.4, 0.5) is 0 Å². The van der Waals surface area contributed by atoms with E-state index in [0.29, 0.717) is 12.8 Å². The minimum absolute atomic E-state index is 0.168. The van der Waals surface area contributed by atoms with Crippen molar-refractivity contribution in [2.45, 2.75) is 161 Å². The predicted octanol–water partition coefficient (Wildman–Crippen LogP) is 12.6. The van der Waals surface area contributed by atoms with Gasteiger partial charge in [0.2, 0.25) is 0 Å².